The molecule has 0 aliphatic heterocycles. The van der Waals surface area contributed by atoms with Crippen molar-refractivity contribution in [3.05, 3.63) is 107 Å². The van der Waals surface area contributed by atoms with Crippen LogP contribution in [0.25, 0.3) is 22.4 Å². The molecule has 2 aromatic carbocycles. The van der Waals surface area contributed by atoms with Crippen LogP contribution in [0.15, 0.2) is 79.3 Å². The summed E-state index contributed by atoms with van der Waals surface area (Å²) in [5.74, 6) is -0.363. The zero-order chi connectivity index (χ0) is 32.4. The van der Waals surface area contributed by atoms with Gasteiger partial charge in [-0.3, -0.25) is 9.97 Å². The molecule has 45 heavy (non-hydrogen) atoms. The molecule has 0 amide bonds. The molecule has 0 bridgehead atoms. The maximum absolute atomic E-state index is 13.0. The van der Waals surface area contributed by atoms with Gasteiger partial charge < -0.3 is 0 Å². The van der Waals surface area contributed by atoms with Crippen LogP contribution in [0.5, 0.6) is 0 Å². The van der Waals surface area contributed by atoms with Gasteiger partial charge in [-0.25, -0.2) is 30.7 Å². The van der Waals surface area contributed by atoms with E-state index in [9.17, 15) is 21.2 Å². The summed E-state index contributed by atoms with van der Waals surface area (Å²) < 4.78 is 66.6. The summed E-state index contributed by atoms with van der Waals surface area (Å²) in [6, 6.07) is 19.2. The fourth-order valence-corrected chi connectivity index (χ4v) is 7.38. The van der Waals surface area contributed by atoms with Crippen molar-refractivity contribution in [1.29, 1.82) is 0 Å². The molecular formula is C34H39FN4O4S2. The van der Waals surface area contributed by atoms with Gasteiger partial charge >= 0.3 is 0 Å². The third-order valence-electron chi connectivity index (χ3n) is 8.22. The van der Waals surface area contributed by atoms with E-state index in [4.69, 9.17) is 0 Å². The second kappa shape index (κ2) is 13.5. The lowest BCUT2D eigenvalue weighted by Crippen LogP contribution is -2.39. The Bertz CT molecular complexity index is 1860. The first-order valence-corrected chi connectivity index (χ1v) is 18.2. The predicted octanol–water partition coefficient (Wildman–Crippen LogP) is 5.23. The Morgan fingerprint density at radius 1 is 0.644 bits per heavy atom. The molecule has 2 aromatic heterocycles. The molecule has 2 unspecified atom stereocenters. The van der Waals surface area contributed by atoms with E-state index < -0.39 is 30.5 Å². The molecule has 0 saturated carbocycles. The number of fused-ring (bicyclic) bond motifs is 2. The van der Waals surface area contributed by atoms with E-state index in [1.165, 1.54) is 23.4 Å². The molecule has 8 nitrogen and oxygen atoms in total. The summed E-state index contributed by atoms with van der Waals surface area (Å²) in [6.07, 6.45) is 7.62. The Morgan fingerprint density at radius 3 is 1.62 bits per heavy atom. The number of halogens is 1. The second-order valence-electron chi connectivity index (χ2n) is 12.2. The van der Waals surface area contributed by atoms with Crippen LogP contribution in [-0.2, 0) is 45.7 Å². The third kappa shape index (κ3) is 8.02. The molecular weight excluding hydrogens is 612 g/mol. The number of nitrogens with one attached hydrogen (secondary N) is 2. The minimum absolute atomic E-state index is 0.0323. The van der Waals surface area contributed by atoms with Gasteiger partial charge in [0.2, 0.25) is 20.0 Å². The maximum Gasteiger partial charge on any atom is 0.214 e. The van der Waals surface area contributed by atoms with Crippen LogP contribution in [0, 0.1) is 5.82 Å². The molecule has 11 heteroatoms. The number of nitrogens with zero attached hydrogens (tertiary/aromatic N) is 2. The molecule has 238 valence electrons. The highest BCUT2D eigenvalue weighted by molar-refractivity contribution is 7.90. The van der Waals surface area contributed by atoms with E-state index in [0.717, 1.165) is 40.7 Å². The van der Waals surface area contributed by atoms with Crippen molar-refractivity contribution >= 4 is 20.0 Å². The van der Waals surface area contributed by atoms with Crippen molar-refractivity contribution in [3.8, 4) is 22.4 Å². The molecule has 4 aromatic rings. The second-order valence-corrected chi connectivity index (χ2v) is 16.7. The van der Waals surface area contributed by atoms with Crippen LogP contribution < -0.4 is 9.44 Å². The van der Waals surface area contributed by atoms with E-state index >= 15 is 0 Å². The molecule has 2 aliphatic carbocycles. The molecule has 0 fully saturated rings. The summed E-state index contributed by atoms with van der Waals surface area (Å²) in [4.78, 5) is 8.12. The lowest BCUT2D eigenvalue weighted by molar-refractivity contribution is 0.546. The monoisotopic (exact) mass is 650 g/mol. The molecule has 0 spiro atoms. The van der Waals surface area contributed by atoms with Gasteiger partial charge in [0.25, 0.3) is 0 Å². The minimum Gasteiger partial charge on any atom is -0.265 e. The highest BCUT2D eigenvalue weighted by Crippen LogP contribution is 2.29. The summed E-state index contributed by atoms with van der Waals surface area (Å²) in [6.45, 7) is 6.74. The topological polar surface area (TPSA) is 118 Å². The predicted molar refractivity (Wildman–Crippen MR) is 176 cm³/mol. The molecule has 2 aliphatic rings. The summed E-state index contributed by atoms with van der Waals surface area (Å²) >= 11 is 0. The van der Waals surface area contributed by atoms with E-state index in [0.29, 0.717) is 18.5 Å². The van der Waals surface area contributed by atoms with Crippen molar-refractivity contribution in [2.24, 2.45) is 0 Å². The smallest absolute Gasteiger partial charge is 0.214 e. The fraction of sp³-hybridized carbons (Fsp3) is 0.353. The molecule has 2 heterocycles. The van der Waals surface area contributed by atoms with Crippen LogP contribution in [0.4, 0.5) is 4.39 Å². The van der Waals surface area contributed by atoms with Gasteiger partial charge in [-0.05, 0) is 117 Å². The largest absolute Gasteiger partial charge is 0.265 e. The van der Waals surface area contributed by atoms with Crippen molar-refractivity contribution in [1.82, 2.24) is 19.4 Å². The van der Waals surface area contributed by atoms with Crippen molar-refractivity contribution < 1.29 is 21.2 Å². The zero-order valence-electron chi connectivity index (χ0n) is 25.9. The van der Waals surface area contributed by atoms with Gasteiger partial charge in [0.05, 0.1) is 22.4 Å². The number of hydrogen-bond donors (Lipinski definition) is 2. The summed E-state index contributed by atoms with van der Waals surface area (Å²) in [7, 11) is -6.49. The molecule has 2 atom stereocenters. The number of rotatable bonds is 8. The lowest BCUT2D eigenvalue weighted by Gasteiger charge is -2.14. The van der Waals surface area contributed by atoms with Crippen LogP contribution in [0.3, 0.4) is 0 Å². The summed E-state index contributed by atoms with van der Waals surface area (Å²) in [5.41, 5.74) is 8.62. The van der Waals surface area contributed by atoms with E-state index in [1.54, 1.807) is 46.2 Å². The summed E-state index contributed by atoms with van der Waals surface area (Å²) in [5, 5.41) is -0.839. The van der Waals surface area contributed by atoms with Gasteiger partial charge in [0.15, 0.2) is 0 Å². The Hall–Kier alpha value is -3.51. The average molecular weight is 651 g/mol. The normalized spacial score (nSPS) is 17.6. The standard InChI is InChI=1S/C17H19FN2O2S.C17H20N2O2S/c1-11(2)23(21,22)20-16-8-12-3-4-13(7-14(12)9-16)17-6-5-15(18)10-19-17;1-12(2)22(20,21)19-17-10-15-4-3-14(9-16(15)11-17)13-5-7-18-8-6-13/h3-7,10-11,16,20H,8-9H2,1-2H3;3-9,12,17,19H,10-11H2,1-2H3. The first-order valence-electron chi connectivity index (χ1n) is 15.1. The quantitative estimate of drug-likeness (QED) is 0.270. The highest BCUT2D eigenvalue weighted by Gasteiger charge is 2.28. The average Bonchev–Trinajstić information content (AvgIpc) is 3.59. The molecule has 6 rings (SSSR count). The number of aromatic nitrogens is 2. The van der Waals surface area contributed by atoms with Crippen LogP contribution >= 0.6 is 0 Å². The van der Waals surface area contributed by atoms with Gasteiger partial charge in [-0.1, -0.05) is 30.3 Å². The number of hydrogen-bond acceptors (Lipinski definition) is 6. The van der Waals surface area contributed by atoms with Crippen molar-refractivity contribution in [3.63, 3.8) is 0 Å². The number of benzene rings is 2. The van der Waals surface area contributed by atoms with E-state index in [1.807, 2.05) is 30.3 Å². The Labute approximate surface area is 265 Å². The van der Waals surface area contributed by atoms with E-state index in [2.05, 4.69) is 37.6 Å². The van der Waals surface area contributed by atoms with Crippen molar-refractivity contribution in [2.75, 3.05) is 0 Å². The highest BCUT2D eigenvalue weighted by atomic mass is 32.2. The first-order chi connectivity index (χ1) is 21.3. The van der Waals surface area contributed by atoms with Crippen molar-refractivity contribution in [2.45, 2.75) is 76.0 Å². The van der Waals surface area contributed by atoms with Crippen LogP contribution in [-0.4, -0.2) is 49.4 Å². The Kier molecular flexibility index (Phi) is 9.83. The first kappa shape index (κ1) is 32.9. The molecule has 0 saturated heterocycles. The molecule has 2 N–H and O–H groups in total. The van der Waals surface area contributed by atoms with E-state index in [-0.39, 0.29) is 17.9 Å². The van der Waals surface area contributed by atoms with Crippen LogP contribution in [0.2, 0.25) is 0 Å². The minimum atomic E-state index is -3.27. The Balaban J connectivity index is 0.000000178. The maximum atomic E-state index is 13.0. The van der Waals surface area contributed by atoms with Gasteiger partial charge in [0.1, 0.15) is 5.82 Å². The number of sulfonamides is 2. The van der Waals surface area contributed by atoms with Gasteiger partial charge in [-0.15, -0.1) is 0 Å². The lowest BCUT2D eigenvalue weighted by atomic mass is 10.0. The van der Waals surface area contributed by atoms with Gasteiger partial charge in [0, 0.05) is 30.0 Å². The zero-order valence-corrected chi connectivity index (χ0v) is 27.5. The van der Waals surface area contributed by atoms with Crippen LogP contribution in [0.1, 0.15) is 49.9 Å². The third-order valence-corrected chi connectivity index (χ3v) is 12.0. The molecule has 0 radical (unpaired) electrons. The van der Waals surface area contributed by atoms with Gasteiger partial charge in [-0.2, -0.15) is 0 Å². The Morgan fingerprint density at radius 2 is 1.13 bits per heavy atom. The number of pyridine rings is 2. The SMILES string of the molecule is CC(C)S(=O)(=O)NC1Cc2ccc(-c3ccc(F)cn3)cc2C1.CC(C)S(=O)(=O)NC1Cc2ccc(-c3ccncc3)cc2C1. The fourth-order valence-electron chi connectivity index (χ4n) is 5.57.